The van der Waals surface area contributed by atoms with E-state index < -0.39 is 6.10 Å². The SMILES string of the molecule is O=C(NCC(O)c1ccccc1)c1cc2c(nc3sccn32)s1. The zero-order chi connectivity index (χ0) is 15.8. The van der Waals surface area contributed by atoms with Gasteiger partial charge in [-0.25, -0.2) is 4.98 Å². The molecule has 0 aliphatic heterocycles. The molecule has 1 amide bonds. The lowest BCUT2D eigenvalue weighted by Gasteiger charge is -2.11. The molecule has 0 aliphatic carbocycles. The number of rotatable bonds is 4. The van der Waals surface area contributed by atoms with Crippen LogP contribution in [0.3, 0.4) is 0 Å². The van der Waals surface area contributed by atoms with Crippen molar-refractivity contribution < 1.29 is 9.90 Å². The van der Waals surface area contributed by atoms with Crippen LogP contribution in [0.1, 0.15) is 21.3 Å². The van der Waals surface area contributed by atoms with Crippen LogP contribution in [-0.4, -0.2) is 26.9 Å². The maximum Gasteiger partial charge on any atom is 0.261 e. The van der Waals surface area contributed by atoms with Gasteiger partial charge in [0.05, 0.1) is 16.5 Å². The van der Waals surface area contributed by atoms with Crippen molar-refractivity contribution >= 4 is 43.9 Å². The molecule has 0 aliphatic rings. The number of nitrogens with one attached hydrogen (secondary N) is 1. The molecule has 5 nitrogen and oxygen atoms in total. The standard InChI is InChI=1S/C16H13N3O2S2/c20-12(10-4-2-1-3-5-10)9-17-14(21)13-8-11-15(23-13)18-16-19(11)6-7-22-16/h1-8,12,20H,9H2,(H,17,21). The summed E-state index contributed by atoms with van der Waals surface area (Å²) in [5.74, 6) is -0.188. The molecule has 0 radical (unpaired) electrons. The summed E-state index contributed by atoms with van der Waals surface area (Å²) in [4.78, 5) is 19.1. The highest BCUT2D eigenvalue weighted by Gasteiger charge is 2.16. The van der Waals surface area contributed by atoms with Crippen molar-refractivity contribution in [1.29, 1.82) is 0 Å². The number of aromatic nitrogens is 2. The molecule has 4 aromatic rings. The van der Waals surface area contributed by atoms with Gasteiger partial charge < -0.3 is 10.4 Å². The Morgan fingerprint density at radius 1 is 1.35 bits per heavy atom. The van der Waals surface area contributed by atoms with E-state index >= 15 is 0 Å². The lowest BCUT2D eigenvalue weighted by molar-refractivity contribution is 0.0920. The molecule has 1 unspecified atom stereocenters. The van der Waals surface area contributed by atoms with Crippen LogP contribution in [0.5, 0.6) is 0 Å². The van der Waals surface area contributed by atoms with Crippen LogP contribution in [0.2, 0.25) is 0 Å². The first kappa shape index (κ1) is 14.4. The van der Waals surface area contributed by atoms with Crippen LogP contribution in [0.25, 0.3) is 15.3 Å². The maximum absolute atomic E-state index is 12.3. The first-order chi connectivity index (χ1) is 11.2. The highest BCUT2D eigenvalue weighted by atomic mass is 32.1. The van der Waals surface area contributed by atoms with Crippen molar-refractivity contribution in [2.24, 2.45) is 0 Å². The predicted octanol–water partition coefficient (Wildman–Crippen LogP) is 3.07. The summed E-state index contributed by atoms with van der Waals surface area (Å²) in [6, 6.07) is 11.1. The van der Waals surface area contributed by atoms with E-state index in [9.17, 15) is 9.90 Å². The minimum absolute atomic E-state index is 0.180. The van der Waals surface area contributed by atoms with E-state index in [1.54, 1.807) is 11.3 Å². The van der Waals surface area contributed by atoms with Crippen molar-refractivity contribution in [1.82, 2.24) is 14.7 Å². The Bertz CT molecular complexity index is 971. The van der Waals surface area contributed by atoms with Gasteiger partial charge in [0, 0.05) is 18.1 Å². The van der Waals surface area contributed by atoms with E-state index in [0.717, 1.165) is 20.9 Å². The van der Waals surface area contributed by atoms with Crippen LogP contribution < -0.4 is 5.32 Å². The Morgan fingerprint density at radius 2 is 2.17 bits per heavy atom. The fraction of sp³-hybridized carbons (Fsp3) is 0.125. The lowest BCUT2D eigenvalue weighted by Crippen LogP contribution is -2.27. The maximum atomic E-state index is 12.3. The zero-order valence-corrected chi connectivity index (χ0v) is 13.6. The first-order valence-corrected chi connectivity index (χ1v) is 8.78. The largest absolute Gasteiger partial charge is 0.387 e. The number of thiazole rings is 1. The monoisotopic (exact) mass is 343 g/mol. The number of nitrogens with zero attached hydrogens (tertiary/aromatic N) is 2. The fourth-order valence-electron chi connectivity index (χ4n) is 2.43. The number of hydrogen-bond acceptors (Lipinski definition) is 5. The van der Waals surface area contributed by atoms with E-state index in [1.807, 2.05) is 52.4 Å². The molecule has 3 aromatic heterocycles. The molecular formula is C16H13N3O2S2. The van der Waals surface area contributed by atoms with Crippen LogP contribution in [0.4, 0.5) is 0 Å². The summed E-state index contributed by atoms with van der Waals surface area (Å²) in [5, 5.41) is 14.8. The van der Waals surface area contributed by atoms with Gasteiger partial charge in [0.2, 0.25) is 0 Å². The lowest BCUT2D eigenvalue weighted by atomic mass is 10.1. The molecule has 0 bridgehead atoms. The van der Waals surface area contributed by atoms with Crippen LogP contribution >= 0.6 is 22.7 Å². The quantitative estimate of drug-likeness (QED) is 0.598. The predicted molar refractivity (Wildman–Crippen MR) is 92.2 cm³/mol. The summed E-state index contributed by atoms with van der Waals surface area (Å²) in [7, 11) is 0. The number of amides is 1. The summed E-state index contributed by atoms with van der Waals surface area (Å²) < 4.78 is 1.98. The van der Waals surface area contributed by atoms with Gasteiger partial charge in [-0.1, -0.05) is 30.3 Å². The summed E-state index contributed by atoms with van der Waals surface area (Å²) in [6.45, 7) is 0.180. The van der Waals surface area contributed by atoms with E-state index in [2.05, 4.69) is 10.3 Å². The van der Waals surface area contributed by atoms with Gasteiger partial charge in [-0.3, -0.25) is 9.20 Å². The molecule has 1 atom stereocenters. The molecule has 7 heteroatoms. The third kappa shape index (κ3) is 2.63. The number of carbonyl (C=O) groups excluding carboxylic acids is 1. The Labute approximate surface area is 139 Å². The number of carbonyl (C=O) groups is 1. The molecule has 3 heterocycles. The second-order valence-corrected chi connectivity index (χ2v) is 7.01. The minimum Gasteiger partial charge on any atom is -0.387 e. The average molecular weight is 343 g/mol. The number of thiophene rings is 1. The third-order valence-electron chi connectivity index (χ3n) is 3.60. The molecule has 0 saturated carbocycles. The zero-order valence-electron chi connectivity index (χ0n) is 12.0. The molecule has 2 N–H and O–H groups in total. The summed E-state index contributed by atoms with van der Waals surface area (Å²) in [5.41, 5.74) is 1.73. The molecule has 0 spiro atoms. The van der Waals surface area contributed by atoms with Crippen molar-refractivity contribution in [2.45, 2.75) is 6.10 Å². The molecule has 0 fully saturated rings. The Hall–Kier alpha value is -2.22. The van der Waals surface area contributed by atoms with Crippen LogP contribution in [-0.2, 0) is 0 Å². The highest BCUT2D eigenvalue weighted by Crippen LogP contribution is 2.28. The molecule has 116 valence electrons. The topological polar surface area (TPSA) is 66.6 Å². The minimum atomic E-state index is -0.713. The van der Waals surface area contributed by atoms with Gasteiger partial charge in [0.25, 0.3) is 5.91 Å². The van der Waals surface area contributed by atoms with Gasteiger partial charge in [0.1, 0.15) is 4.83 Å². The second kappa shape index (κ2) is 5.77. The van der Waals surface area contributed by atoms with E-state index in [4.69, 9.17) is 0 Å². The van der Waals surface area contributed by atoms with Gasteiger partial charge in [-0.15, -0.1) is 22.7 Å². The average Bonchev–Trinajstić information content (AvgIpc) is 3.24. The summed E-state index contributed by atoms with van der Waals surface area (Å²) in [6.07, 6.45) is 1.23. The smallest absolute Gasteiger partial charge is 0.261 e. The molecular weight excluding hydrogens is 330 g/mol. The van der Waals surface area contributed by atoms with Gasteiger partial charge in [0.15, 0.2) is 4.96 Å². The van der Waals surface area contributed by atoms with Crippen LogP contribution in [0, 0.1) is 0 Å². The van der Waals surface area contributed by atoms with Crippen molar-refractivity contribution in [3.8, 4) is 0 Å². The number of hydrogen-bond donors (Lipinski definition) is 2. The van der Waals surface area contributed by atoms with Crippen molar-refractivity contribution in [2.75, 3.05) is 6.54 Å². The second-order valence-electron chi connectivity index (χ2n) is 5.10. The molecule has 23 heavy (non-hydrogen) atoms. The number of fused-ring (bicyclic) bond motifs is 3. The molecule has 4 rings (SSSR count). The van der Waals surface area contributed by atoms with Crippen molar-refractivity contribution in [3.63, 3.8) is 0 Å². The summed E-state index contributed by atoms with van der Waals surface area (Å²) >= 11 is 2.93. The van der Waals surface area contributed by atoms with E-state index in [0.29, 0.717) is 4.88 Å². The number of benzene rings is 1. The van der Waals surface area contributed by atoms with Gasteiger partial charge in [-0.2, -0.15) is 0 Å². The fourth-order valence-corrected chi connectivity index (χ4v) is 4.15. The van der Waals surface area contributed by atoms with Crippen LogP contribution in [0.15, 0.2) is 48.0 Å². The Balaban J connectivity index is 1.49. The first-order valence-electron chi connectivity index (χ1n) is 7.08. The number of imidazole rings is 1. The molecule has 0 saturated heterocycles. The van der Waals surface area contributed by atoms with E-state index in [-0.39, 0.29) is 12.5 Å². The van der Waals surface area contributed by atoms with E-state index in [1.165, 1.54) is 11.3 Å². The Morgan fingerprint density at radius 3 is 3.00 bits per heavy atom. The normalized spacial score (nSPS) is 12.7. The van der Waals surface area contributed by atoms with Crippen molar-refractivity contribution in [3.05, 3.63) is 58.4 Å². The third-order valence-corrected chi connectivity index (χ3v) is 5.38. The molecule has 1 aromatic carbocycles. The van der Waals surface area contributed by atoms with Gasteiger partial charge >= 0.3 is 0 Å². The number of aliphatic hydroxyl groups excluding tert-OH is 1. The number of aliphatic hydroxyl groups is 1. The van der Waals surface area contributed by atoms with Gasteiger partial charge in [-0.05, 0) is 11.6 Å². The highest BCUT2D eigenvalue weighted by molar-refractivity contribution is 7.21. The Kier molecular flexibility index (Phi) is 3.60.